The fraction of sp³-hybridized carbons (Fsp3) is 0.250. The molecule has 5 nitrogen and oxygen atoms in total. The van der Waals surface area contributed by atoms with Gasteiger partial charge in [0.1, 0.15) is 16.7 Å². The summed E-state index contributed by atoms with van der Waals surface area (Å²) in [7, 11) is 0. The van der Waals surface area contributed by atoms with Crippen LogP contribution in [0.3, 0.4) is 0 Å². The van der Waals surface area contributed by atoms with Crippen molar-refractivity contribution in [2.45, 2.75) is 20.8 Å². The highest BCUT2D eigenvalue weighted by molar-refractivity contribution is 7.17. The summed E-state index contributed by atoms with van der Waals surface area (Å²) in [6.07, 6.45) is 3.50. The lowest BCUT2D eigenvalue weighted by Crippen LogP contribution is -2.35. The molecule has 3 rings (SSSR count). The highest BCUT2D eigenvalue weighted by Gasteiger charge is 2.28. The zero-order valence-corrected chi connectivity index (χ0v) is 13.6. The number of hydrogen-bond acceptors (Lipinski definition) is 5. The van der Waals surface area contributed by atoms with Crippen molar-refractivity contribution < 1.29 is 0 Å². The van der Waals surface area contributed by atoms with Crippen LogP contribution in [-0.4, -0.2) is 28.9 Å². The summed E-state index contributed by atoms with van der Waals surface area (Å²) in [6.45, 7) is 6.13. The molecule has 0 atom stereocenters. The van der Waals surface area contributed by atoms with Crippen molar-refractivity contribution >= 4 is 33.7 Å². The summed E-state index contributed by atoms with van der Waals surface area (Å²) in [5, 5.41) is 17.2. The third-order valence-electron chi connectivity index (χ3n) is 3.75. The molecule has 0 saturated heterocycles. The van der Waals surface area contributed by atoms with E-state index in [1.165, 1.54) is 4.88 Å². The minimum Gasteiger partial charge on any atom is -0.288 e. The quantitative estimate of drug-likeness (QED) is 0.625. The van der Waals surface area contributed by atoms with E-state index in [0.717, 1.165) is 27.4 Å². The molecule has 0 amide bonds. The van der Waals surface area contributed by atoms with Gasteiger partial charge in [0.05, 0.1) is 12.3 Å². The van der Waals surface area contributed by atoms with Crippen LogP contribution in [0.2, 0.25) is 0 Å². The number of rotatable bonds is 1. The number of nitrogens with one attached hydrogen (secondary N) is 2. The predicted molar refractivity (Wildman–Crippen MR) is 92.1 cm³/mol. The summed E-state index contributed by atoms with van der Waals surface area (Å²) >= 11 is 1.62. The fourth-order valence-electron chi connectivity index (χ4n) is 2.57. The van der Waals surface area contributed by atoms with Crippen molar-refractivity contribution in [2.75, 3.05) is 11.4 Å². The first-order valence-corrected chi connectivity index (χ1v) is 7.80. The molecule has 2 aromatic rings. The van der Waals surface area contributed by atoms with Crippen molar-refractivity contribution in [3.8, 4) is 0 Å². The number of amidine groups is 2. The molecule has 0 aliphatic carbocycles. The lowest BCUT2D eigenvalue weighted by atomic mass is 10.0. The Bertz CT molecular complexity index is 788. The van der Waals surface area contributed by atoms with Crippen molar-refractivity contribution in [1.29, 1.82) is 10.8 Å². The second-order valence-electron chi connectivity index (χ2n) is 5.23. The number of anilines is 1. The van der Waals surface area contributed by atoms with Crippen LogP contribution < -0.4 is 4.90 Å². The Morgan fingerprint density at radius 2 is 1.95 bits per heavy atom. The van der Waals surface area contributed by atoms with Gasteiger partial charge in [0.25, 0.3) is 0 Å². The van der Waals surface area contributed by atoms with E-state index in [1.54, 1.807) is 35.6 Å². The van der Waals surface area contributed by atoms with Crippen LogP contribution in [0.5, 0.6) is 0 Å². The normalized spacial score (nSPS) is 14.4. The first-order chi connectivity index (χ1) is 10.5. The molecule has 0 spiro atoms. The van der Waals surface area contributed by atoms with Crippen LogP contribution in [0.1, 0.15) is 28.5 Å². The maximum atomic E-state index is 8.25. The van der Waals surface area contributed by atoms with E-state index in [0.29, 0.717) is 11.7 Å². The number of aryl methyl sites for hydroxylation is 1. The van der Waals surface area contributed by atoms with E-state index in [-0.39, 0.29) is 6.54 Å². The zero-order chi connectivity index (χ0) is 15.9. The summed E-state index contributed by atoms with van der Waals surface area (Å²) in [6, 6.07) is 3.87. The van der Waals surface area contributed by atoms with E-state index in [9.17, 15) is 0 Å². The first kappa shape index (κ1) is 14.6. The lowest BCUT2D eigenvalue weighted by Gasteiger charge is -2.21. The fourth-order valence-corrected chi connectivity index (χ4v) is 3.81. The summed E-state index contributed by atoms with van der Waals surface area (Å²) in [5.41, 5.74) is 4.07. The van der Waals surface area contributed by atoms with Crippen LogP contribution in [0.25, 0.3) is 0 Å². The Labute approximate surface area is 133 Å². The number of aromatic nitrogens is 1. The molecular weight excluding hydrogens is 294 g/mol. The molecule has 22 heavy (non-hydrogen) atoms. The molecule has 0 saturated carbocycles. The van der Waals surface area contributed by atoms with Crippen LogP contribution in [0.4, 0.5) is 5.00 Å². The first-order valence-electron chi connectivity index (χ1n) is 6.98. The SMILES string of the molecule is CC(=N)N1C(=N)CN=C(c2ccncc2)c2c1sc(C)c2C. The molecule has 3 heterocycles. The lowest BCUT2D eigenvalue weighted by molar-refractivity contribution is 1.20. The van der Waals surface area contributed by atoms with Gasteiger partial charge >= 0.3 is 0 Å². The highest BCUT2D eigenvalue weighted by atomic mass is 32.1. The molecule has 1 aliphatic rings. The second-order valence-corrected chi connectivity index (χ2v) is 6.43. The topological polar surface area (TPSA) is 76.2 Å². The largest absolute Gasteiger partial charge is 0.288 e. The van der Waals surface area contributed by atoms with Crippen LogP contribution >= 0.6 is 11.3 Å². The summed E-state index contributed by atoms with van der Waals surface area (Å²) < 4.78 is 0. The molecule has 1 aliphatic heterocycles. The zero-order valence-electron chi connectivity index (χ0n) is 12.8. The minimum atomic E-state index is 0.272. The predicted octanol–water partition coefficient (Wildman–Crippen LogP) is 3.39. The van der Waals surface area contributed by atoms with Crippen LogP contribution in [0.15, 0.2) is 29.5 Å². The van der Waals surface area contributed by atoms with Crippen molar-refractivity contribution in [3.05, 3.63) is 46.1 Å². The number of hydrogen-bond donors (Lipinski definition) is 2. The Kier molecular flexibility index (Phi) is 3.62. The third kappa shape index (κ3) is 2.25. The molecule has 6 heteroatoms. The van der Waals surface area contributed by atoms with E-state index in [4.69, 9.17) is 10.8 Å². The molecular formula is C16H17N5S. The van der Waals surface area contributed by atoms with Gasteiger partial charge in [0, 0.05) is 28.4 Å². The highest BCUT2D eigenvalue weighted by Crippen LogP contribution is 2.38. The molecule has 0 fully saturated rings. The van der Waals surface area contributed by atoms with Gasteiger partial charge in [-0.2, -0.15) is 0 Å². The number of nitrogens with zero attached hydrogens (tertiary/aromatic N) is 3. The molecule has 2 aromatic heterocycles. The molecule has 0 radical (unpaired) electrons. The Hall–Kier alpha value is -2.34. The molecule has 2 N–H and O–H groups in total. The molecule has 112 valence electrons. The van der Waals surface area contributed by atoms with E-state index >= 15 is 0 Å². The van der Waals surface area contributed by atoms with Gasteiger partial charge in [0.2, 0.25) is 0 Å². The molecule has 0 aromatic carbocycles. The van der Waals surface area contributed by atoms with Gasteiger partial charge in [-0.05, 0) is 38.5 Å². The Morgan fingerprint density at radius 3 is 2.59 bits per heavy atom. The van der Waals surface area contributed by atoms with E-state index in [1.807, 2.05) is 12.1 Å². The number of thiophene rings is 1. The van der Waals surface area contributed by atoms with Gasteiger partial charge in [0.15, 0.2) is 0 Å². The Morgan fingerprint density at radius 1 is 1.27 bits per heavy atom. The van der Waals surface area contributed by atoms with Crippen LogP contribution in [-0.2, 0) is 0 Å². The smallest absolute Gasteiger partial charge is 0.129 e. The number of aliphatic imine (C=N–C) groups is 1. The van der Waals surface area contributed by atoms with Gasteiger partial charge in [-0.1, -0.05) is 0 Å². The van der Waals surface area contributed by atoms with E-state index in [2.05, 4.69) is 23.8 Å². The average molecular weight is 311 g/mol. The standard InChI is InChI=1S/C16H17N5S/c1-9-10(2)22-16-14(9)15(12-4-6-19-7-5-12)20-8-13(18)21(16)11(3)17/h4-7,17-18H,8H2,1-3H3. The molecule has 0 bridgehead atoms. The van der Waals surface area contributed by atoms with Gasteiger partial charge < -0.3 is 0 Å². The minimum absolute atomic E-state index is 0.272. The van der Waals surface area contributed by atoms with Gasteiger partial charge in [-0.3, -0.25) is 25.7 Å². The number of fused-ring (bicyclic) bond motifs is 1. The van der Waals surface area contributed by atoms with Crippen molar-refractivity contribution in [2.24, 2.45) is 4.99 Å². The van der Waals surface area contributed by atoms with Gasteiger partial charge in [-0.25, -0.2) is 0 Å². The van der Waals surface area contributed by atoms with Crippen molar-refractivity contribution in [3.63, 3.8) is 0 Å². The number of pyridine rings is 1. The second kappa shape index (κ2) is 5.46. The van der Waals surface area contributed by atoms with Crippen molar-refractivity contribution in [1.82, 2.24) is 4.98 Å². The maximum Gasteiger partial charge on any atom is 0.129 e. The van der Waals surface area contributed by atoms with Gasteiger partial charge in [-0.15, -0.1) is 11.3 Å². The van der Waals surface area contributed by atoms with Crippen LogP contribution in [0, 0.1) is 24.7 Å². The monoisotopic (exact) mass is 311 g/mol. The maximum absolute atomic E-state index is 8.25. The summed E-state index contributed by atoms with van der Waals surface area (Å²) in [4.78, 5) is 11.6. The van der Waals surface area contributed by atoms with E-state index < -0.39 is 0 Å². The Balaban J connectivity index is 2.28. The average Bonchev–Trinajstić information content (AvgIpc) is 2.69. The summed E-state index contributed by atoms with van der Waals surface area (Å²) in [5.74, 6) is 0.678. The molecule has 0 unspecified atom stereocenters. The third-order valence-corrected chi connectivity index (χ3v) is 4.95.